The molecule has 2 bridgehead atoms. The molecule has 1 aromatic carbocycles. The summed E-state index contributed by atoms with van der Waals surface area (Å²) in [5, 5.41) is 3.17. The minimum atomic E-state index is 0.0369. The van der Waals surface area contributed by atoms with Crippen LogP contribution in [0.2, 0.25) is 0 Å². The van der Waals surface area contributed by atoms with Gasteiger partial charge in [0.05, 0.1) is 0 Å². The van der Waals surface area contributed by atoms with E-state index in [4.69, 9.17) is 0 Å². The molecule has 1 amide bonds. The van der Waals surface area contributed by atoms with E-state index < -0.39 is 0 Å². The van der Waals surface area contributed by atoms with Gasteiger partial charge in [-0.15, -0.1) is 0 Å². The van der Waals surface area contributed by atoms with Crippen LogP contribution in [0.5, 0.6) is 0 Å². The third kappa shape index (κ3) is 3.43. The molecule has 4 atom stereocenters. The Balaban J connectivity index is 1.52. The molecule has 1 N–H and O–H groups in total. The SMILES string of the molecule is CCc1ccc(/C=C\C(=O)N[C@H](C)[C@H]2C[C@@H]3CC[C@@H]2C3)cc1. The molecular weight excluding hydrogens is 270 g/mol. The fourth-order valence-corrected chi connectivity index (χ4v) is 4.32. The van der Waals surface area contributed by atoms with Gasteiger partial charge < -0.3 is 5.32 Å². The summed E-state index contributed by atoms with van der Waals surface area (Å²) >= 11 is 0. The Morgan fingerprint density at radius 3 is 2.64 bits per heavy atom. The number of aryl methyl sites for hydroxylation is 1. The van der Waals surface area contributed by atoms with Crippen LogP contribution in [0.25, 0.3) is 6.08 Å². The largest absolute Gasteiger partial charge is 0.350 e. The molecule has 0 spiro atoms. The van der Waals surface area contributed by atoms with Gasteiger partial charge >= 0.3 is 0 Å². The summed E-state index contributed by atoms with van der Waals surface area (Å²) in [4.78, 5) is 12.1. The maximum absolute atomic E-state index is 12.1. The van der Waals surface area contributed by atoms with Gasteiger partial charge in [0.2, 0.25) is 5.91 Å². The van der Waals surface area contributed by atoms with Crippen molar-refractivity contribution in [1.82, 2.24) is 5.32 Å². The summed E-state index contributed by atoms with van der Waals surface area (Å²) in [6, 6.07) is 8.68. The monoisotopic (exact) mass is 297 g/mol. The molecule has 0 heterocycles. The second kappa shape index (κ2) is 6.68. The lowest BCUT2D eigenvalue weighted by Crippen LogP contribution is -2.39. The minimum absolute atomic E-state index is 0.0369. The molecule has 0 unspecified atom stereocenters. The van der Waals surface area contributed by atoms with Gasteiger partial charge in [0.1, 0.15) is 0 Å². The van der Waals surface area contributed by atoms with Crippen LogP contribution in [0.1, 0.15) is 50.7 Å². The van der Waals surface area contributed by atoms with Gasteiger partial charge in [-0.3, -0.25) is 4.79 Å². The Labute approximate surface area is 134 Å². The molecule has 2 nitrogen and oxygen atoms in total. The van der Waals surface area contributed by atoms with Crippen LogP contribution in [0.4, 0.5) is 0 Å². The number of hydrogen-bond donors (Lipinski definition) is 1. The number of carbonyl (C=O) groups excluding carboxylic acids is 1. The Morgan fingerprint density at radius 2 is 2.05 bits per heavy atom. The first-order valence-electron chi connectivity index (χ1n) is 8.73. The molecular formula is C20H27NO. The highest BCUT2D eigenvalue weighted by molar-refractivity contribution is 5.91. The molecule has 0 saturated heterocycles. The average molecular weight is 297 g/mol. The van der Waals surface area contributed by atoms with Gasteiger partial charge in [0.25, 0.3) is 0 Å². The van der Waals surface area contributed by atoms with Crippen LogP contribution in [0, 0.1) is 17.8 Å². The van der Waals surface area contributed by atoms with Crippen molar-refractivity contribution in [2.75, 3.05) is 0 Å². The molecule has 2 saturated carbocycles. The molecule has 118 valence electrons. The van der Waals surface area contributed by atoms with E-state index >= 15 is 0 Å². The number of amides is 1. The maximum Gasteiger partial charge on any atom is 0.244 e. The lowest BCUT2D eigenvalue weighted by molar-refractivity contribution is -0.117. The van der Waals surface area contributed by atoms with Crippen LogP contribution in [0.15, 0.2) is 30.3 Å². The fraction of sp³-hybridized carbons (Fsp3) is 0.550. The maximum atomic E-state index is 12.1. The lowest BCUT2D eigenvalue weighted by atomic mass is 9.84. The van der Waals surface area contributed by atoms with Crippen LogP contribution < -0.4 is 5.32 Å². The highest BCUT2D eigenvalue weighted by Gasteiger charge is 2.41. The number of benzene rings is 1. The standard InChI is InChI=1S/C20H27NO/c1-3-15-4-6-16(7-5-15)9-11-20(22)21-14(2)19-13-17-8-10-18(19)12-17/h4-7,9,11,14,17-19H,3,8,10,12-13H2,1-2H3,(H,21,22)/b11-9-/t14-,17-,18-,19-/m1/s1. The van der Waals surface area contributed by atoms with Gasteiger partial charge in [-0.05, 0) is 67.6 Å². The fourth-order valence-electron chi connectivity index (χ4n) is 4.32. The van der Waals surface area contributed by atoms with Gasteiger partial charge in [-0.1, -0.05) is 37.6 Å². The first kappa shape index (κ1) is 15.3. The molecule has 2 aliphatic rings. The summed E-state index contributed by atoms with van der Waals surface area (Å²) in [6.45, 7) is 4.32. The van der Waals surface area contributed by atoms with Crippen molar-refractivity contribution in [3.8, 4) is 0 Å². The predicted molar refractivity (Wildman–Crippen MR) is 91.4 cm³/mol. The van der Waals surface area contributed by atoms with E-state index in [9.17, 15) is 4.79 Å². The Hall–Kier alpha value is -1.57. The highest BCUT2D eigenvalue weighted by Crippen LogP contribution is 2.49. The molecule has 2 heteroatoms. The van der Waals surface area contributed by atoms with E-state index in [1.54, 1.807) is 6.08 Å². The first-order valence-corrected chi connectivity index (χ1v) is 8.73. The molecule has 0 aromatic heterocycles. The minimum Gasteiger partial charge on any atom is -0.350 e. The number of hydrogen-bond acceptors (Lipinski definition) is 1. The van der Waals surface area contributed by atoms with E-state index in [2.05, 4.69) is 43.4 Å². The Kier molecular flexibility index (Phi) is 4.66. The summed E-state index contributed by atoms with van der Waals surface area (Å²) in [5.41, 5.74) is 2.41. The van der Waals surface area contributed by atoms with Crippen molar-refractivity contribution >= 4 is 12.0 Å². The van der Waals surface area contributed by atoms with Crippen LogP contribution >= 0.6 is 0 Å². The van der Waals surface area contributed by atoms with E-state index in [1.807, 2.05) is 6.08 Å². The second-order valence-corrected chi connectivity index (χ2v) is 7.06. The third-order valence-electron chi connectivity index (χ3n) is 5.62. The number of fused-ring (bicyclic) bond motifs is 2. The van der Waals surface area contributed by atoms with Crippen molar-refractivity contribution in [2.45, 2.75) is 52.0 Å². The van der Waals surface area contributed by atoms with E-state index in [0.29, 0.717) is 12.0 Å². The predicted octanol–water partition coefficient (Wildman–Crippen LogP) is 4.20. The summed E-state index contributed by atoms with van der Waals surface area (Å²) in [7, 11) is 0. The smallest absolute Gasteiger partial charge is 0.244 e. The van der Waals surface area contributed by atoms with E-state index in [1.165, 1.54) is 31.2 Å². The molecule has 2 aliphatic carbocycles. The van der Waals surface area contributed by atoms with Gasteiger partial charge in [0.15, 0.2) is 0 Å². The molecule has 0 radical (unpaired) electrons. The molecule has 22 heavy (non-hydrogen) atoms. The zero-order chi connectivity index (χ0) is 15.5. The van der Waals surface area contributed by atoms with E-state index in [0.717, 1.165) is 23.8 Å². The van der Waals surface area contributed by atoms with Gasteiger partial charge in [0, 0.05) is 12.1 Å². The van der Waals surface area contributed by atoms with Crippen molar-refractivity contribution in [3.63, 3.8) is 0 Å². The van der Waals surface area contributed by atoms with E-state index in [-0.39, 0.29) is 5.91 Å². The summed E-state index contributed by atoms with van der Waals surface area (Å²) in [5.74, 6) is 2.52. The number of rotatable bonds is 5. The van der Waals surface area contributed by atoms with Gasteiger partial charge in [-0.2, -0.15) is 0 Å². The highest BCUT2D eigenvalue weighted by atomic mass is 16.1. The zero-order valence-electron chi connectivity index (χ0n) is 13.7. The molecule has 3 rings (SSSR count). The quantitative estimate of drug-likeness (QED) is 0.811. The topological polar surface area (TPSA) is 29.1 Å². The second-order valence-electron chi connectivity index (χ2n) is 7.06. The number of nitrogens with one attached hydrogen (secondary N) is 1. The number of carbonyl (C=O) groups is 1. The normalized spacial score (nSPS) is 28.2. The van der Waals surface area contributed by atoms with Gasteiger partial charge in [-0.25, -0.2) is 0 Å². The molecule has 1 aromatic rings. The summed E-state index contributed by atoms with van der Waals surface area (Å²) in [6.07, 6.45) is 10.1. The van der Waals surface area contributed by atoms with Crippen molar-refractivity contribution < 1.29 is 4.79 Å². The van der Waals surface area contributed by atoms with Crippen LogP contribution in [0.3, 0.4) is 0 Å². The Morgan fingerprint density at radius 1 is 1.27 bits per heavy atom. The van der Waals surface area contributed by atoms with Crippen molar-refractivity contribution in [1.29, 1.82) is 0 Å². The van der Waals surface area contributed by atoms with Crippen LogP contribution in [-0.4, -0.2) is 11.9 Å². The third-order valence-corrected chi connectivity index (χ3v) is 5.62. The molecule has 0 aliphatic heterocycles. The molecule has 2 fully saturated rings. The van der Waals surface area contributed by atoms with Crippen LogP contribution in [-0.2, 0) is 11.2 Å². The Bertz CT molecular complexity index is 545. The average Bonchev–Trinajstić information content (AvgIpc) is 3.16. The van der Waals surface area contributed by atoms with Crippen molar-refractivity contribution in [3.05, 3.63) is 41.5 Å². The van der Waals surface area contributed by atoms with Crippen molar-refractivity contribution in [2.24, 2.45) is 17.8 Å². The first-order chi connectivity index (χ1) is 10.7. The zero-order valence-corrected chi connectivity index (χ0v) is 13.7. The summed E-state index contributed by atoms with van der Waals surface area (Å²) < 4.78 is 0. The lowest BCUT2D eigenvalue weighted by Gasteiger charge is -2.28.